The third kappa shape index (κ3) is 2.77. The second-order valence-corrected chi connectivity index (χ2v) is 12.7. The predicted molar refractivity (Wildman–Crippen MR) is 137 cm³/mol. The molecule has 4 fully saturated rings. The van der Waals surface area contributed by atoms with Gasteiger partial charge in [-0.1, -0.05) is 31.2 Å². The molecular weight excluding hydrogens is 432 g/mol. The van der Waals surface area contributed by atoms with Gasteiger partial charge < -0.3 is 9.84 Å². The highest BCUT2D eigenvalue weighted by atomic mass is 16.5. The van der Waals surface area contributed by atoms with Gasteiger partial charge >= 0.3 is 0 Å². The molecule has 0 radical (unpaired) electrons. The molecule has 0 amide bonds. The van der Waals surface area contributed by atoms with Gasteiger partial charge in [-0.15, -0.1) is 0 Å². The van der Waals surface area contributed by atoms with Crippen LogP contribution in [0.3, 0.4) is 0 Å². The first-order valence-electron chi connectivity index (χ1n) is 13.9. The lowest BCUT2D eigenvalue weighted by Crippen LogP contribution is -2.60. The SMILES string of the molecule is C[C@]12CC=C3C=C4CC[C@@H](N5CC(O)C5)C[C@]45CCC3(O5)[C@@H]1CC[C@@H]2c1ccc2ccncc2c1. The van der Waals surface area contributed by atoms with Crippen LogP contribution in [0.15, 0.2) is 60.0 Å². The van der Waals surface area contributed by atoms with Crippen LogP contribution in [0.4, 0.5) is 0 Å². The van der Waals surface area contributed by atoms with Crippen molar-refractivity contribution in [3.8, 4) is 0 Å². The zero-order valence-corrected chi connectivity index (χ0v) is 20.7. The summed E-state index contributed by atoms with van der Waals surface area (Å²) in [5.41, 5.74) is 4.62. The minimum atomic E-state index is -0.124. The lowest BCUT2D eigenvalue weighted by molar-refractivity contribution is -0.147. The van der Waals surface area contributed by atoms with E-state index in [2.05, 4.69) is 53.2 Å². The lowest BCUT2D eigenvalue weighted by atomic mass is 9.58. The monoisotopic (exact) mass is 468 g/mol. The van der Waals surface area contributed by atoms with Crippen LogP contribution >= 0.6 is 0 Å². The lowest BCUT2D eigenvalue weighted by Gasteiger charge is -2.55. The van der Waals surface area contributed by atoms with Crippen molar-refractivity contribution >= 4 is 10.8 Å². The minimum absolute atomic E-state index is 0.0637. The van der Waals surface area contributed by atoms with E-state index >= 15 is 0 Å². The molecule has 3 aliphatic heterocycles. The average Bonchev–Trinajstić information content (AvgIpc) is 3.36. The Morgan fingerprint density at radius 3 is 2.89 bits per heavy atom. The Morgan fingerprint density at radius 2 is 2.00 bits per heavy atom. The number of aliphatic hydroxyl groups is 1. The Morgan fingerprint density at radius 1 is 1.09 bits per heavy atom. The molecule has 4 heterocycles. The van der Waals surface area contributed by atoms with E-state index in [0.717, 1.165) is 32.4 Å². The largest absolute Gasteiger partial charge is 0.390 e. The number of aliphatic hydroxyl groups excluding tert-OH is 1. The Bertz CT molecular complexity index is 1280. The molecule has 2 saturated heterocycles. The number of nitrogens with zero attached hydrogens (tertiary/aromatic N) is 2. The van der Waals surface area contributed by atoms with Crippen molar-refractivity contribution in [3.05, 3.63) is 65.5 Å². The number of hydrogen-bond acceptors (Lipinski definition) is 4. The molecule has 1 unspecified atom stereocenters. The van der Waals surface area contributed by atoms with E-state index in [1.807, 2.05) is 12.4 Å². The Balaban J connectivity index is 1.14. The fourth-order valence-corrected chi connectivity index (χ4v) is 9.35. The molecular formula is C31H36N2O2. The Kier molecular flexibility index (Phi) is 4.26. The molecule has 4 nitrogen and oxygen atoms in total. The van der Waals surface area contributed by atoms with Crippen LogP contribution in [0.5, 0.6) is 0 Å². The van der Waals surface area contributed by atoms with Crippen LogP contribution in [0, 0.1) is 11.3 Å². The maximum atomic E-state index is 9.88. The van der Waals surface area contributed by atoms with Gasteiger partial charge in [-0.05, 0) is 103 Å². The second-order valence-electron chi connectivity index (χ2n) is 12.7. The molecule has 182 valence electrons. The highest BCUT2D eigenvalue weighted by Gasteiger charge is 2.66. The summed E-state index contributed by atoms with van der Waals surface area (Å²) in [7, 11) is 0. The first-order valence-corrected chi connectivity index (χ1v) is 13.9. The normalized spacial score (nSPS) is 42.6. The quantitative estimate of drug-likeness (QED) is 0.630. The molecule has 4 heteroatoms. The molecule has 2 saturated carbocycles. The maximum Gasteiger partial charge on any atom is 0.0974 e. The summed E-state index contributed by atoms with van der Waals surface area (Å²) in [4.78, 5) is 6.88. The van der Waals surface area contributed by atoms with Crippen LogP contribution in [-0.2, 0) is 4.74 Å². The molecule has 2 aromatic rings. The number of benzene rings is 1. The minimum Gasteiger partial charge on any atom is -0.390 e. The average molecular weight is 469 g/mol. The Hall–Kier alpha value is -2.01. The van der Waals surface area contributed by atoms with Crippen LogP contribution in [0.2, 0.25) is 0 Å². The van der Waals surface area contributed by atoms with Gasteiger partial charge in [-0.25, -0.2) is 0 Å². The topological polar surface area (TPSA) is 45.6 Å². The molecule has 2 spiro atoms. The van der Waals surface area contributed by atoms with Crippen molar-refractivity contribution in [2.75, 3.05) is 13.1 Å². The van der Waals surface area contributed by atoms with E-state index < -0.39 is 0 Å². The van der Waals surface area contributed by atoms with Crippen LogP contribution in [-0.4, -0.2) is 51.4 Å². The van der Waals surface area contributed by atoms with E-state index in [1.165, 1.54) is 54.0 Å². The highest BCUT2D eigenvalue weighted by molar-refractivity contribution is 5.82. The summed E-state index contributed by atoms with van der Waals surface area (Å²) >= 11 is 0. The number of pyridine rings is 1. The van der Waals surface area contributed by atoms with Gasteiger partial charge in [0.15, 0.2) is 0 Å². The summed E-state index contributed by atoms with van der Waals surface area (Å²) in [5.74, 6) is 1.14. The third-order valence-electron chi connectivity index (χ3n) is 11.1. The molecule has 8 rings (SSSR count). The van der Waals surface area contributed by atoms with Gasteiger partial charge in [0, 0.05) is 36.9 Å². The van der Waals surface area contributed by atoms with Crippen molar-refractivity contribution in [1.82, 2.24) is 9.88 Å². The number of ether oxygens (including phenoxy) is 1. The molecule has 6 aliphatic rings. The number of likely N-dealkylation sites (tertiary alicyclic amines) is 1. The first-order chi connectivity index (χ1) is 17.0. The van der Waals surface area contributed by atoms with Crippen molar-refractivity contribution < 1.29 is 9.84 Å². The molecule has 1 N–H and O–H groups in total. The maximum absolute atomic E-state index is 9.88. The summed E-state index contributed by atoms with van der Waals surface area (Å²) in [5, 5.41) is 12.4. The van der Waals surface area contributed by atoms with Crippen LogP contribution in [0.25, 0.3) is 10.8 Å². The summed E-state index contributed by atoms with van der Waals surface area (Å²) in [6.45, 7) is 4.25. The smallest absolute Gasteiger partial charge is 0.0974 e. The van der Waals surface area contributed by atoms with Gasteiger partial charge in [-0.3, -0.25) is 9.88 Å². The molecule has 6 atom stereocenters. The predicted octanol–water partition coefficient (Wildman–Crippen LogP) is 5.52. The van der Waals surface area contributed by atoms with Crippen molar-refractivity contribution in [2.45, 2.75) is 87.6 Å². The zero-order chi connectivity index (χ0) is 23.4. The number of hydrogen-bond donors (Lipinski definition) is 1. The third-order valence-corrected chi connectivity index (χ3v) is 11.1. The van der Waals surface area contributed by atoms with E-state index in [0.29, 0.717) is 17.9 Å². The molecule has 1 aromatic heterocycles. The number of allylic oxidation sites excluding steroid dienone is 1. The van der Waals surface area contributed by atoms with Gasteiger partial charge in [0.1, 0.15) is 0 Å². The number of fused-ring (bicyclic) bond motifs is 2. The van der Waals surface area contributed by atoms with Gasteiger partial charge in [0.2, 0.25) is 0 Å². The Labute approximate surface area is 208 Å². The summed E-state index contributed by atoms with van der Waals surface area (Å²) in [6, 6.07) is 9.75. The fourth-order valence-electron chi connectivity index (χ4n) is 9.35. The molecule has 35 heavy (non-hydrogen) atoms. The van der Waals surface area contributed by atoms with Crippen LogP contribution < -0.4 is 0 Å². The van der Waals surface area contributed by atoms with Gasteiger partial charge in [0.25, 0.3) is 0 Å². The van der Waals surface area contributed by atoms with Gasteiger partial charge in [-0.2, -0.15) is 0 Å². The van der Waals surface area contributed by atoms with Gasteiger partial charge in [0.05, 0.1) is 17.3 Å². The zero-order valence-electron chi connectivity index (χ0n) is 20.7. The summed E-state index contributed by atoms with van der Waals surface area (Å²) in [6.07, 6.45) is 18.4. The van der Waals surface area contributed by atoms with Crippen LogP contribution in [0.1, 0.15) is 69.8 Å². The van der Waals surface area contributed by atoms with E-state index in [9.17, 15) is 5.11 Å². The van der Waals surface area contributed by atoms with E-state index in [4.69, 9.17) is 4.74 Å². The molecule has 3 aliphatic carbocycles. The number of β-amino-alcohol motifs (C(OH)–C–C–N with tert-alkyl or cyclic N) is 1. The summed E-state index contributed by atoms with van der Waals surface area (Å²) < 4.78 is 7.45. The van der Waals surface area contributed by atoms with Crippen molar-refractivity contribution in [2.24, 2.45) is 11.3 Å². The number of rotatable bonds is 2. The van der Waals surface area contributed by atoms with E-state index in [1.54, 1.807) is 5.57 Å². The highest BCUT2D eigenvalue weighted by Crippen LogP contribution is 2.69. The fraction of sp³-hybridized carbons (Fsp3) is 0.581. The first kappa shape index (κ1) is 21.1. The van der Waals surface area contributed by atoms with E-state index in [-0.39, 0.29) is 22.7 Å². The molecule has 2 bridgehead atoms. The van der Waals surface area contributed by atoms with Crippen molar-refractivity contribution in [3.63, 3.8) is 0 Å². The second kappa shape index (κ2) is 7.06. The molecule has 1 aromatic carbocycles. The number of aromatic nitrogens is 1. The van der Waals surface area contributed by atoms with Crippen molar-refractivity contribution in [1.29, 1.82) is 0 Å². The standard InChI is InChI=1S/C31H36N2O2/c1-29-10-8-24-15-23-4-5-25(33-18-26(34)19-33)16-30(23)11-12-31(24,35-30)28(29)7-6-27(29)21-3-2-20-9-13-32-17-22(20)14-21/h2-3,8-9,13-15,17,25-28,34H,4-7,10-12,16,18-19H2,1H3/t25-,27-,28-,29-,30-,31?/m1/s1.